The number of nitrogens with one attached hydrogen (secondary N) is 1. The Morgan fingerprint density at radius 1 is 1.11 bits per heavy atom. The van der Waals surface area contributed by atoms with Gasteiger partial charge in [-0.2, -0.15) is 0 Å². The summed E-state index contributed by atoms with van der Waals surface area (Å²) in [5.41, 5.74) is 1.19. The Bertz CT molecular complexity index is 1230. The van der Waals surface area contributed by atoms with Gasteiger partial charge >= 0.3 is 0 Å². The van der Waals surface area contributed by atoms with E-state index in [9.17, 15) is 18.0 Å². The Labute approximate surface area is 235 Å². The Balaban J connectivity index is 1.74. The molecule has 0 bridgehead atoms. The third kappa shape index (κ3) is 8.25. The fraction of sp³-hybridized carbons (Fsp3) is 0.481. The summed E-state index contributed by atoms with van der Waals surface area (Å²) in [4.78, 5) is 28.0. The number of carbonyl (C=O) groups is 2. The van der Waals surface area contributed by atoms with Crippen molar-refractivity contribution in [2.24, 2.45) is 0 Å². The molecule has 0 saturated heterocycles. The Morgan fingerprint density at radius 2 is 1.82 bits per heavy atom. The van der Waals surface area contributed by atoms with E-state index < -0.39 is 16.1 Å². The summed E-state index contributed by atoms with van der Waals surface area (Å²) in [5, 5.41) is 3.83. The van der Waals surface area contributed by atoms with Crippen molar-refractivity contribution < 1.29 is 22.7 Å². The van der Waals surface area contributed by atoms with Gasteiger partial charge in [-0.15, -0.1) is 0 Å². The predicted octanol–water partition coefficient (Wildman–Crippen LogP) is 5.02. The average Bonchev–Trinajstić information content (AvgIpc) is 3.39. The third-order valence-corrected chi connectivity index (χ3v) is 8.63. The number of hydrogen-bond donors (Lipinski definition) is 1. The molecule has 8 nitrogen and oxygen atoms in total. The molecule has 0 aromatic heterocycles. The Hall–Kier alpha value is -2.49. The van der Waals surface area contributed by atoms with Crippen LogP contribution in [0, 0.1) is 0 Å². The number of hydrogen-bond acceptors (Lipinski definition) is 5. The predicted molar refractivity (Wildman–Crippen MR) is 151 cm³/mol. The molecule has 1 unspecified atom stereocenters. The second kappa shape index (κ2) is 13.5. The number of sulfonamides is 1. The van der Waals surface area contributed by atoms with Crippen LogP contribution in [-0.2, 0) is 26.2 Å². The summed E-state index contributed by atoms with van der Waals surface area (Å²) < 4.78 is 31.5. The van der Waals surface area contributed by atoms with E-state index in [2.05, 4.69) is 5.32 Å². The summed E-state index contributed by atoms with van der Waals surface area (Å²) in [5.74, 6) is 0.0609. The lowest BCUT2D eigenvalue weighted by molar-refractivity contribution is -0.141. The minimum Gasteiger partial charge on any atom is -0.497 e. The van der Waals surface area contributed by atoms with E-state index in [1.54, 1.807) is 49.4 Å². The number of rotatable bonds is 12. The normalized spacial score (nSPS) is 14.7. The van der Waals surface area contributed by atoms with Crippen LogP contribution >= 0.6 is 23.2 Å². The van der Waals surface area contributed by atoms with Gasteiger partial charge in [0, 0.05) is 31.6 Å². The van der Waals surface area contributed by atoms with E-state index in [0.717, 1.165) is 37.5 Å². The highest BCUT2D eigenvalue weighted by molar-refractivity contribution is 7.92. The minimum absolute atomic E-state index is 0.0539. The zero-order valence-electron chi connectivity index (χ0n) is 22.0. The van der Waals surface area contributed by atoms with Gasteiger partial charge in [-0.25, -0.2) is 8.42 Å². The number of halogens is 2. The first-order valence-electron chi connectivity index (χ1n) is 12.6. The van der Waals surface area contributed by atoms with Crippen molar-refractivity contribution in [2.75, 3.05) is 24.2 Å². The fourth-order valence-electron chi connectivity index (χ4n) is 4.58. The average molecular weight is 585 g/mol. The molecule has 2 aromatic rings. The van der Waals surface area contributed by atoms with Crippen molar-refractivity contribution >= 4 is 50.7 Å². The van der Waals surface area contributed by atoms with Crippen LogP contribution in [0.2, 0.25) is 10.0 Å². The van der Waals surface area contributed by atoms with Crippen LogP contribution in [0.3, 0.4) is 0 Å². The first-order chi connectivity index (χ1) is 18.0. The quantitative estimate of drug-likeness (QED) is 0.378. The highest BCUT2D eigenvalue weighted by Gasteiger charge is 2.29. The largest absolute Gasteiger partial charge is 0.497 e. The van der Waals surface area contributed by atoms with Crippen LogP contribution in [0.1, 0.15) is 51.0 Å². The summed E-state index contributed by atoms with van der Waals surface area (Å²) in [7, 11) is -2.09. The van der Waals surface area contributed by atoms with Crippen molar-refractivity contribution in [3.8, 4) is 5.75 Å². The van der Waals surface area contributed by atoms with Crippen LogP contribution in [0.15, 0.2) is 42.5 Å². The van der Waals surface area contributed by atoms with Crippen molar-refractivity contribution in [1.82, 2.24) is 10.2 Å². The zero-order valence-corrected chi connectivity index (χ0v) is 24.3. The van der Waals surface area contributed by atoms with E-state index >= 15 is 0 Å². The molecule has 1 atom stereocenters. The summed E-state index contributed by atoms with van der Waals surface area (Å²) in [6, 6.07) is 11.3. The molecule has 3 rings (SSSR count). The van der Waals surface area contributed by atoms with Gasteiger partial charge in [-0.3, -0.25) is 13.9 Å². The molecule has 0 heterocycles. The van der Waals surface area contributed by atoms with Gasteiger partial charge in [0.15, 0.2) is 0 Å². The smallest absolute Gasteiger partial charge is 0.242 e. The van der Waals surface area contributed by atoms with Crippen LogP contribution in [0.5, 0.6) is 5.75 Å². The molecule has 38 heavy (non-hydrogen) atoms. The number of nitrogens with zero attached hydrogens (tertiary/aromatic N) is 2. The number of methoxy groups -OCH3 is 1. The summed E-state index contributed by atoms with van der Waals surface area (Å²) in [6.07, 6.45) is 5.47. The maximum Gasteiger partial charge on any atom is 0.242 e. The lowest BCUT2D eigenvalue weighted by Crippen LogP contribution is -2.49. The molecular formula is C27H35Cl2N3O5S. The van der Waals surface area contributed by atoms with Gasteiger partial charge in [-0.1, -0.05) is 48.2 Å². The van der Waals surface area contributed by atoms with Gasteiger partial charge in [-0.05, 0) is 56.0 Å². The van der Waals surface area contributed by atoms with Gasteiger partial charge in [0.05, 0.1) is 29.1 Å². The number of anilines is 1. The van der Waals surface area contributed by atoms with Gasteiger partial charge in [0.2, 0.25) is 21.8 Å². The van der Waals surface area contributed by atoms with E-state index in [0.29, 0.717) is 21.5 Å². The van der Waals surface area contributed by atoms with Crippen LogP contribution < -0.4 is 14.4 Å². The standard InChI is InChI=1S/C27H35Cl2N3O5S/c1-19(27(34)30-21-8-4-5-9-21)31(18-20-13-14-24(28)25(29)16-20)26(33)12-7-15-32(38(3,35)36)22-10-6-11-23(17-22)37-2/h6,10-11,13-14,16-17,19,21H,4-5,7-9,12,15,18H2,1-3H3,(H,30,34). The van der Waals surface area contributed by atoms with Crippen molar-refractivity contribution in [1.29, 1.82) is 0 Å². The van der Waals surface area contributed by atoms with E-state index in [4.69, 9.17) is 27.9 Å². The molecule has 1 N–H and O–H groups in total. The molecule has 0 aliphatic heterocycles. The Morgan fingerprint density at radius 3 is 2.45 bits per heavy atom. The number of amides is 2. The fourth-order valence-corrected chi connectivity index (χ4v) is 5.86. The molecule has 0 radical (unpaired) electrons. The zero-order chi connectivity index (χ0) is 27.9. The van der Waals surface area contributed by atoms with E-state index in [1.807, 2.05) is 0 Å². The second-order valence-electron chi connectivity index (χ2n) is 9.58. The highest BCUT2D eigenvalue weighted by atomic mass is 35.5. The van der Waals surface area contributed by atoms with E-state index in [1.165, 1.54) is 16.3 Å². The molecule has 2 aromatic carbocycles. The third-order valence-electron chi connectivity index (χ3n) is 6.70. The molecule has 11 heteroatoms. The molecule has 0 spiro atoms. The van der Waals surface area contributed by atoms with Crippen molar-refractivity contribution in [3.05, 3.63) is 58.1 Å². The molecule has 1 aliphatic carbocycles. The van der Waals surface area contributed by atoms with Gasteiger partial charge in [0.25, 0.3) is 0 Å². The SMILES string of the molecule is COc1cccc(N(CCCC(=O)N(Cc2ccc(Cl)c(Cl)c2)C(C)C(=O)NC2CCCC2)S(C)(=O)=O)c1. The maximum atomic E-state index is 13.4. The molecule has 2 amide bonds. The molecule has 1 saturated carbocycles. The molecular weight excluding hydrogens is 549 g/mol. The topological polar surface area (TPSA) is 96.0 Å². The number of benzene rings is 2. The van der Waals surface area contributed by atoms with Crippen molar-refractivity contribution in [3.63, 3.8) is 0 Å². The molecule has 1 aliphatic rings. The second-order valence-corrected chi connectivity index (χ2v) is 12.3. The minimum atomic E-state index is -3.60. The van der Waals surface area contributed by atoms with Crippen molar-refractivity contribution in [2.45, 2.75) is 64.1 Å². The van der Waals surface area contributed by atoms with Crippen LogP contribution in [0.25, 0.3) is 0 Å². The highest BCUT2D eigenvalue weighted by Crippen LogP contribution is 2.26. The van der Waals surface area contributed by atoms with E-state index in [-0.39, 0.29) is 43.8 Å². The van der Waals surface area contributed by atoms with Gasteiger partial charge in [0.1, 0.15) is 11.8 Å². The first kappa shape index (κ1) is 30.1. The van der Waals surface area contributed by atoms with Crippen LogP contribution in [0.4, 0.5) is 5.69 Å². The number of ether oxygens (including phenoxy) is 1. The maximum absolute atomic E-state index is 13.4. The first-order valence-corrected chi connectivity index (χ1v) is 15.3. The summed E-state index contributed by atoms with van der Waals surface area (Å²) in [6.45, 7) is 1.97. The monoisotopic (exact) mass is 583 g/mol. The number of carbonyl (C=O) groups excluding carboxylic acids is 2. The molecule has 208 valence electrons. The lowest BCUT2D eigenvalue weighted by atomic mass is 10.1. The lowest BCUT2D eigenvalue weighted by Gasteiger charge is -2.30. The molecule has 1 fully saturated rings. The van der Waals surface area contributed by atoms with Crippen LogP contribution in [-0.4, -0.2) is 57.1 Å². The summed E-state index contributed by atoms with van der Waals surface area (Å²) >= 11 is 12.2. The van der Waals surface area contributed by atoms with Gasteiger partial charge < -0.3 is 15.0 Å². The Kier molecular flexibility index (Phi) is 10.7.